The van der Waals surface area contributed by atoms with E-state index in [0.29, 0.717) is 41.7 Å². The van der Waals surface area contributed by atoms with Gasteiger partial charge >= 0.3 is 0 Å². The lowest BCUT2D eigenvalue weighted by atomic mass is 9.91. The molecule has 1 aliphatic rings. The maximum Gasteiger partial charge on any atom is 0.269 e. The second kappa shape index (κ2) is 11.7. The number of nitrogens with zero attached hydrogens (tertiary/aromatic N) is 2. The van der Waals surface area contributed by atoms with Crippen molar-refractivity contribution in [3.05, 3.63) is 81.4 Å². The van der Waals surface area contributed by atoms with E-state index in [1.807, 2.05) is 18.2 Å². The number of benzene rings is 3. The lowest BCUT2D eigenvalue weighted by Gasteiger charge is -2.37. The van der Waals surface area contributed by atoms with E-state index in [4.69, 9.17) is 23.7 Å². The normalized spacial score (nSPS) is 14.3. The number of hydrogen-bond acceptors (Lipinski definition) is 8. The summed E-state index contributed by atoms with van der Waals surface area (Å²) in [5.41, 5.74) is 2.70. The summed E-state index contributed by atoms with van der Waals surface area (Å²) in [5, 5.41) is 11.0. The van der Waals surface area contributed by atoms with Gasteiger partial charge in [0, 0.05) is 18.7 Å². The van der Waals surface area contributed by atoms with Crippen LogP contribution in [0.25, 0.3) is 0 Å². The van der Waals surface area contributed by atoms with Gasteiger partial charge in [-0.25, -0.2) is 0 Å². The molecule has 10 heteroatoms. The summed E-state index contributed by atoms with van der Waals surface area (Å²) in [7, 11) is 6.27. The van der Waals surface area contributed by atoms with Gasteiger partial charge in [0.05, 0.1) is 45.8 Å². The van der Waals surface area contributed by atoms with Crippen molar-refractivity contribution in [2.45, 2.75) is 18.9 Å². The zero-order valence-corrected chi connectivity index (χ0v) is 21.8. The van der Waals surface area contributed by atoms with Crippen molar-refractivity contribution < 1.29 is 33.4 Å². The van der Waals surface area contributed by atoms with Crippen molar-refractivity contribution in [3.63, 3.8) is 0 Å². The Morgan fingerprint density at radius 2 is 1.53 bits per heavy atom. The number of non-ortho nitro benzene ring substituents is 1. The SMILES string of the molecule is COc1ccc(CC(=O)N2CCc3cc(OC)c(OC)cc3[C@H]2COc2ccc([N+](=O)[O-])cc2)cc1OC. The van der Waals surface area contributed by atoms with Crippen LogP contribution < -0.4 is 23.7 Å². The maximum atomic E-state index is 13.6. The minimum absolute atomic E-state index is 0.0242. The van der Waals surface area contributed by atoms with Crippen LogP contribution in [0.15, 0.2) is 54.6 Å². The highest BCUT2D eigenvalue weighted by Crippen LogP contribution is 2.39. The number of hydrogen-bond donors (Lipinski definition) is 0. The Hall–Kier alpha value is -4.47. The second-order valence-corrected chi connectivity index (χ2v) is 8.69. The third kappa shape index (κ3) is 5.59. The van der Waals surface area contributed by atoms with Gasteiger partial charge in [0.1, 0.15) is 12.4 Å². The first kappa shape index (κ1) is 26.6. The summed E-state index contributed by atoms with van der Waals surface area (Å²) >= 11 is 0. The van der Waals surface area contributed by atoms with Crippen LogP contribution in [0.5, 0.6) is 28.7 Å². The summed E-state index contributed by atoms with van der Waals surface area (Å²) in [6, 6.07) is 14.7. The standard InChI is InChI=1S/C28H30N2O8/c1-34-24-10-5-18(13-25(24)35-2)14-28(31)29-12-11-19-15-26(36-3)27(37-4)16-22(19)23(29)17-38-21-8-6-20(7-9-21)30(32)33/h5-10,13,15-16,23H,11-12,14,17H2,1-4H3/t23-/m1/s1. The smallest absolute Gasteiger partial charge is 0.269 e. The molecule has 200 valence electrons. The molecular weight excluding hydrogens is 492 g/mol. The van der Waals surface area contributed by atoms with E-state index in [1.165, 1.54) is 12.1 Å². The van der Waals surface area contributed by atoms with Crippen LogP contribution in [0.3, 0.4) is 0 Å². The monoisotopic (exact) mass is 522 g/mol. The minimum atomic E-state index is -0.463. The van der Waals surface area contributed by atoms with Crippen LogP contribution in [0.4, 0.5) is 5.69 Å². The highest BCUT2D eigenvalue weighted by molar-refractivity contribution is 5.80. The largest absolute Gasteiger partial charge is 0.493 e. The topological polar surface area (TPSA) is 110 Å². The molecule has 0 unspecified atom stereocenters. The van der Waals surface area contributed by atoms with Crippen molar-refractivity contribution in [2.75, 3.05) is 41.6 Å². The Morgan fingerprint density at radius 1 is 0.895 bits per heavy atom. The van der Waals surface area contributed by atoms with Crippen LogP contribution in [-0.2, 0) is 17.6 Å². The van der Waals surface area contributed by atoms with E-state index >= 15 is 0 Å². The van der Waals surface area contributed by atoms with Crippen molar-refractivity contribution in [1.29, 1.82) is 0 Å². The van der Waals surface area contributed by atoms with Gasteiger partial charge in [0.25, 0.3) is 5.69 Å². The highest BCUT2D eigenvalue weighted by Gasteiger charge is 2.33. The molecule has 0 bridgehead atoms. The second-order valence-electron chi connectivity index (χ2n) is 8.69. The van der Waals surface area contributed by atoms with Gasteiger partial charge in [-0.05, 0) is 59.5 Å². The molecular formula is C28H30N2O8. The van der Waals surface area contributed by atoms with Crippen molar-refractivity contribution in [2.24, 2.45) is 0 Å². The van der Waals surface area contributed by atoms with Crippen LogP contribution in [0, 0.1) is 10.1 Å². The first-order valence-electron chi connectivity index (χ1n) is 12.0. The number of nitro benzene ring substituents is 1. The molecule has 0 saturated heterocycles. The Morgan fingerprint density at radius 3 is 2.16 bits per heavy atom. The number of fused-ring (bicyclic) bond motifs is 1. The zero-order chi connectivity index (χ0) is 27.2. The van der Waals surface area contributed by atoms with Crippen LogP contribution in [-0.4, -0.2) is 57.3 Å². The third-order valence-corrected chi connectivity index (χ3v) is 6.58. The molecule has 1 amide bonds. The fourth-order valence-electron chi connectivity index (χ4n) is 4.61. The van der Waals surface area contributed by atoms with E-state index in [1.54, 1.807) is 57.6 Å². The number of carbonyl (C=O) groups excluding carboxylic acids is 1. The number of rotatable bonds is 10. The Labute approximate surface area is 220 Å². The molecule has 0 spiro atoms. The molecule has 0 saturated carbocycles. The molecule has 1 atom stereocenters. The van der Waals surface area contributed by atoms with E-state index < -0.39 is 11.0 Å². The van der Waals surface area contributed by atoms with Crippen LogP contribution in [0.2, 0.25) is 0 Å². The number of ether oxygens (including phenoxy) is 5. The van der Waals surface area contributed by atoms with Crippen LogP contribution in [0.1, 0.15) is 22.7 Å². The first-order chi connectivity index (χ1) is 18.4. The Balaban J connectivity index is 1.63. The molecule has 0 fully saturated rings. The third-order valence-electron chi connectivity index (χ3n) is 6.58. The fourth-order valence-corrected chi connectivity index (χ4v) is 4.61. The van der Waals surface area contributed by atoms with Gasteiger partial charge in [-0.1, -0.05) is 6.07 Å². The molecule has 1 heterocycles. The van der Waals surface area contributed by atoms with Gasteiger partial charge < -0.3 is 28.6 Å². The van der Waals surface area contributed by atoms with Crippen molar-refractivity contribution in [1.82, 2.24) is 4.90 Å². The number of nitro groups is 1. The van der Waals surface area contributed by atoms with Gasteiger partial charge in [-0.15, -0.1) is 0 Å². The average molecular weight is 523 g/mol. The summed E-state index contributed by atoms with van der Waals surface area (Å²) in [6.07, 6.45) is 0.804. The molecule has 3 aromatic carbocycles. The number of carbonyl (C=O) groups is 1. The molecule has 0 N–H and O–H groups in total. The van der Waals surface area contributed by atoms with Gasteiger partial charge in [-0.3, -0.25) is 14.9 Å². The summed E-state index contributed by atoms with van der Waals surface area (Å²) < 4.78 is 27.7. The zero-order valence-electron chi connectivity index (χ0n) is 21.8. The predicted octanol–water partition coefficient (Wildman–Crippen LogP) is 4.38. The maximum absolute atomic E-state index is 13.6. The lowest BCUT2D eigenvalue weighted by molar-refractivity contribution is -0.384. The first-order valence-corrected chi connectivity index (χ1v) is 12.0. The molecule has 0 aliphatic carbocycles. The predicted molar refractivity (Wildman–Crippen MR) is 140 cm³/mol. The van der Waals surface area contributed by atoms with Crippen molar-refractivity contribution in [3.8, 4) is 28.7 Å². The molecule has 0 aromatic heterocycles. The summed E-state index contributed by atoms with van der Waals surface area (Å²) in [5.74, 6) is 2.71. The number of amides is 1. The number of methoxy groups -OCH3 is 4. The van der Waals surface area contributed by atoms with Gasteiger partial charge in [-0.2, -0.15) is 0 Å². The van der Waals surface area contributed by atoms with Crippen LogP contribution >= 0.6 is 0 Å². The van der Waals surface area contributed by atoms with E-state index in [0.717, 1.165) is 16.7 Å². The quantitative estimate of drug-likeness (QED) is 0.285. The van der Waals surface area contributed by atoms with E-state index in [2.05, 4.69) is 0 Å². The fraction of sp³-hybridized carbons (Fsp3) is 0.321. The van der Waals surface area contributed by atoms with Gasteiger partial charge in [0.2, 0.25) is 5.91 Å². The van der Waals surface area contributed by atoms with Crippen molar-refractivity contribution >= 4 is 11.6 Å². The average Bonchev–Trinajstić information content (AvgIpc) is 2.94. The molecule has 10 nitrogen and oxygen atoms in total. The highest BCUT2D eigenvalue weighted by atomic mass is 16.6. The Kier molecular flexibility index (Phi) is 8.20. The molecule has 1 aliphatic heterocycles. The summed E-state index contributed by atoms with van der Waals surface area (Å²) in [4.78, 5) is 26.0. The lowest BCUT2D eigenvalue weighted by Crippen LogP contribution is -2.43. The molecule has 38 heavy (non-hydrogen) atoms. The molecule has 4 rings (SSSR count). The minimum Gasteiger partial charge on any atom is -0.493 e. The van der Waals surface area contributed by atoms with Gasteiger partial charge in [0.15, 0.2) is 23.0 Å². The Bertz CT molecular complexity index is 1310. The molecule has 3 aromatic rings. The molecule has 0 radical (unpaired) electrons. The summed E-state index contributed by atoms with van der Waals surface area (Å²) in [6.45, 7) is 0.640. The van der Waals surface area contributed by atoms with E-state index in [-0.39, 0.29) is 24.6 Å². The van der Waals surface area contributed by atoms with E-state index in [9.17, 15) is 14.9 Å².